The molecular weight excluding hydrogens is 198 g/mol. The molecule has 0 spiro atoms. The van der Waals surface area contributed by atoms with Gasteiger partial charge in [0.2, 0.25) is 5.96 Å². The summed E-state index contributed by atoms with van der Waals surface area (Å²) in [6.45, 7) is 0.934. The van der Waals surface area contributed by atoms with Crippen molar-refractivity contribution in [1.82, 2.24) is 9.80 Å². The molecular formula is C13H15N3. The van der Waals surface area contributed by atoms with Crippen molar-refractivity contribution in [3.63, 3.8) is 0 Å². The number of guanidine groups is 1. The standard InChI is InChI=1S/C13H15N3/c1-15-11-7-4-2-3-5-8-12(11)16-10-6-9-14-13(15)16/h3-7,9H,2,8,10H2,1H3/b5-3-,7-4-. The summed E-state index contributed by atoms with van der Waals surface area (Å²) in [5, 5.41) is 0. The van der Waals surface area contributed by atoms with E-state index in [0.29, 0.717) is 0 Å². The second kappa shape index (κ2) is 3.67. The summed E-state index contributed by atoms with van der Waals surface area (Å²) in [4.78, 5) is 8.91. The summed E-state index contributed by atoms with van der Waals surface area (Å²) in [6.07, 6.45) is 14.9. The van der Waals surface area contributed by atoms with Crippen LogP contribution in [-0.2, 0) is 0 Å². The van der Waals surface area contributed by atoms with Crippen LogP contribution in [0.2, 0.25) is 0 Å². The Bertz CT molecular complexity index is 452. The van der Waals surface area contributed by atoms with Gasteiger partial charge in [0.05, 0.1) is 5.70 Å². The number of hydrogen-bond acceptors (Lipinski definition) is 3. The first kappa shape index (κ1) is 9.46. The minimum Gasteiger partial charge on any atom is -0.313 e. The summed E-state index contributed by atoms with van der Waals surface area (Å²) < 4.78 is 0. The molecule has 0 radical (unpaired) electrons. The quantitative estimate of drug-likeness (QED) is 0.575. The number of allylic oxidation sites excluding steroid dienone is 4. The molecule has 0 saturated carbocycles. The largest absolute Gasteiger partial charge is 0.313 e. The number of hydrogen-bond donors (Lipinski definition) is 0. The summed E-state index contributed by atoms with van der Waals surface area (Å²) in [7, 11) is 2.09. The Balaban J connectivity index is 2.06. The molecule has 0 aromatic carbocycles. The average Bonchev–Trinajstić information content (AvgIpc) is 2.52. The highest BCUT2D eigenvalue weighted by Gasteiger charge is 2.31. The first-order chi connectivity index (χ1) is 7.88. The molecule has 2 heterocycles. The van der Waals surface area contributed by atoms with Crippen LogP contribution in [0.4, 0.5) is 0 Å². The fourth-order valence-electron chi connectivity index (χ4n) is 2.33. The Morgan fingerprint density at radius 2 is 2.12 bits per heavy atom. The zero-order chi connectivity index (χ0) is 11.0. The zero-order valence-corrected chi connectivity index (χ0v) is 9.43. The van der Waals surface area contributed by atoms with Gasteiger partial charge >= 0.3 is 0 Å². The van der Waals surface area contributed by atoms with Crippen molar-refractivity contribution in [2.45, 2.75) is 12.8 Å². The molecule has 1 aliphatic carbocycles. The lowest BCUT2D eigenvalue weighted by Crippen LogP contribution is -2.34. The van der Waals surface area contributed by atoms with Crippen LogP contribution in [0, 0.1) is 0 Å². The molecule has 3 rings (SSSR count). The van der Waals surface area contributed by atoms with E-state index in [2.05, 4.69) is 52.2 Å². The van der Waals surface area contributed by atoms with Crippen molar-refractivity contribution in [3.8, 4) is 0 Å². The first-order valence-corrected chi connectivity index (χ1v) is 5.66. The molecule has 0 amide bonds. The van der Waals surface area contributed by atoms with Crippen LogP contribution in [-0.4, -0.2) is 29.4 Å². The van der Waals surface area contributed by atoms with E-state index in [-0.39, 0.29) is 0 Å². The molecule has 0 aromatic rings. The predicted molar refractivity (Wildman–Crippen MR) is 65.6 cm³/mol. The van der Waals surface area contributed by atoms with Crippen molar-refractivity contribution >= 4 is 5.96 Å². The smallest absolute Gasteiger partial charge is 0.210 e. The van der Waals surface area contributed by atoms with Crippen LogP contribution in [0.5, 0.6) is 0 Å². The van der Waals surface area contributed by atoms with E-state index >= 15 is 0 Å². The predicted octanol–water partition coefficient (Wildman–Crippen LogP) is 2.23. The Kier molecular flexibility index (Phi) is 2.17. The van der Waals surface area contributed by atoms with Gasteiger partial charge in [0, 0.05) is 31.9 Å². The van der Waals surface area contributed by atoms with E-state index in [4.69, 9.17) is 0 Å². The Hall–Kier alpha value is -1.77. The zero-order valence-electron chi connectivity index (χ0n) is 9.43. The van der Waals surface area contributed by atoms with Gasteiger partial charge in [-0.2, -0.15) is 0 Å². The average molecular weight is 213 g/mol. The SMILES string of the molecule is CN1C2=NC=CCN2C2=C1/C=C\C/C=C\C2. The van der Waals surface area contributed by atoms with Crippen molar-refractivity contribution in [3.05, 3.63) is 48.0 Å². The van der Waals surface area contributed by atoms with E-state index in [1.165, 1.54) is 11.4 Å². The number of rotatable bonds is 0. The minimum atomic E-state index is 0.934. The van der Waals surface area contributed by atoms with E-state index in [0.717, 1.165) is 25.3 Å². The molecule has 2 aliphatic heterocycles. The Labute approximate surface area is 95.8 Å². The van der Waals surface area contributed by atoms with Crippen LogP contribution in [0.1, 0.15) is 12.8 Å². The van der Waals surface area contributed by atoms with E-state index in [1.807, 2.05) is 6.20 Å². The fourth-order valence-corrected chi connectivity index (χ4v) is 2.33. The van der Waals surface area contributed by atoms with Crippen LogP contribution in [0.3, 0.4) is 0 Å². The van der Waals surface area contributed by atoms with E-state index in [9.17, 15) is 0 Å². The Morgan fingerprint density at radius 3 is 3.06 bits per heavy atom. The normalized spacial score (nSPS) is 26.9. The molecule has 3 nitrogen and oxygen atoms in total. The van der Waals surface area contributed by atoms with Crippen LogP contribution in [0.15, 0.2) is 53.0 Å². The monoisotopic (exact) mass is 213 g/mol. The van der Waals surface area contributed by atoms with Crippen molar-refractivity contribution in [2.24, 2.45) is 4.99 Å². The number of fused-ring (bicyclic) bond motifs is 2. The Morgan fingerprint density at radius 1 is 1.19 bits per heavy atom. The maximum absolute atomic E-state index is 4.45. The van der Waals surface area contributed by atoms with Gasteiger partial charge in [-0.3, -0.25) is 0 Å². The van der Waals surface area contributed by atoms with Gasteiger partial charge in [-0.1, -0.05) is 18.2 Å². The van der Waals surface area contributed by atoms with Crippen molar-refractivity contribution < 1.29 is 0 Å². The lowest BCUT2D eigenvalue weighted by atomic mass is 10.1. The molecule has 0 saturated heterocycles. The molecule has 0 N–H and O–H groups in total. The van der Waals surface area contributed by atoms with E-state index < -0.39 is 0 Å². The van der Waals surface area contributed by atoms with Gasteiger partial charge in [0.15, 0.2) is 0 Å². The van der Waals surface area contributed by atoms with Crippen molar-refractivity contribution in [1.29, 1.82) is 0 Å². The molecule has 0 fully saturated rings. The minimum absolute atomic E-state index is 0.934. The molecule has 3 aliphatic rings. The molecule has 0 atom stereocenters. The molecule has 3 heteroatoms. The van der Waals surface area contributed by atoms with Crippen LogP contribution in [0.25, 0.3) is 0 Å². The summed E-state index contributed by atoms with van der Waals surface area (Å²) >= 11 is 0. The highest BCUT2D eigenvalue weighted by molar-refractivity contribution is 5.88. The number of aliphatic imine (C=N–C) groups is 1. The van der Waals surface area contributed by atoms with Crippen LogP contribution >= 0.6 is 0 Å². The third-order valence-corrected chi connectivity index (χ3v) is 3.13. The molecule has 0 aromatic heterocycles. The van der Waals surface area contributed by atoms with E-state index in [1.54, 1.807) is 0 Å². The third-order valence-electron chi connectivity index (χ3n) is 3.13. The first-order valence-electron chi connectivity index (χ1n) is 5.66. The van der Waals surface area contributed by atoms with Crippen LogP contribution < -0.4 is 0 Å². The lowest BCUT2D eigenvalue weighted by Gasteiger charge is -2.23. The maximum Gasteiger partial charge on any atom is 0.210 e. The van der Waals surface area contributed by atoms with Gasteiger partial charge in [0.1, 0.15) is 0 Å². The van der Waals surface area contributed by atoms with Crippen molar-refractivity contribution in [2.75, 3.05) is 13.6 Å². The fraction of sp³-hybridized carbons (Fsp3) is 0.308. The molecule has 0 unspecified atom stereocenters. The maximum atomic E-state index is 4.45. The third kappa shape index (κ3) is 1.32. The highest BCUT2D eigenvalue weighted by Crippen LogP contribution is 2.30. The summed E-state index contributed by atoms with van der Waals surface area (Å²) in [5.74, 6) is 1.05. The van der Waals surface area contributed by atoms with Gasteiger partial charge < -0.3 is 9.80 Å². The topological polar surface area (TPSA) is 18.8 Å². The van der Waals surface area contributed by atoms with Gasteiger partial charge in [-0.05, 0) is 18.6 Å². The van der Waals surface area contributed by atoms with Gasteiger partial charge in [-0.15, -0.1) is 0 Å². The number of nitrogens with zero attached hydrogens (tertiary/aromatic N) is 3. The van der Waals surface area contributed by atoms with Gasteiger partial charge in [0.25, 0.3) is 0 Å². The number of likely N-dealkylation sites (N-methyl/N-ethyl adjacent to an activating group) is 1. The second-order valence-electron chi connectivity index (χ2n) is 4.13. The molecule has 0 bridgehead atoms. The molecule has 16 heavy (non-hydrogen) atoms. The second-order valence-corrected chi connectivity index (χ2v) is 4.13. The highest BCUT2D eigenvalue weighted by atomic mass is 15.4. The van der Waals surface area contributed by atoms with Gasteiger partial charge in [-0.25, -0.2) is 4.99 Å². The summed E-state index contributed by atoms with van der Waals surface area (Å²) in [5.41, 5.74) is 2.64. The molecule has 82 valence electrons. The summed E-state index contributed by atoms with van der Waals surface area (Å²) in [6, 6.07) is 0. The lowest BCUT2D eigenvalue weighted by molar-refractivity contribution is 0.526.